The first-order valence-electron chi connectivity index (χ1n) is 7.75. The molecule has 0 rings (SSSR count). The van der Waals surface area contributed by atoms with Crippen molar-refractivity contribution in [2.24, 2.45) is 0 Å². The van der Waals surface area contributed by atoms with Gasteiger partial charge in [-0.2, -0.15) is 0 Å². The van der Waals surface area contributed by atoms with E-state index in [0.717, 1.165) is 0 Å². The molecule has 0 bridgehead atoms. The van der Waals surface area contributed by atoms with Gasteiger partial charge < -0.3 is 18.9 Å². The van der Waals surface area contributed by atoms with Gasteiger partial charge in [0.25, 0.3) is 0 Å². The molecule has 0 aliphatic heterocycles. The standard InChI is InChI=1S/C16H30O6/c1-7-21-15(3,4)9-11-19-13(17)14(18)20-12-10-16(5,6)22-8-2/h7-12H2,1-6H3. The first-order valence-corrected chi connectivity index (χ1v) is 7.75. The van der Waals surface area contributed by atoms with Gasteiger partial charge in [-0.3, -0.25) is 0 Å². The number of hydrogen-bond acceptors (Lipinski definition) is 6. The van der Waals surface area contributed by atoms with Gasteiger partial charge in [-0.25, -0.2) is 9.59 Å². The summed E-state index contributed by atoms with van der Waals surface area (Å²) in [5.41, 5.74) is -0.777. The van der Waals surface area contributed by atoms with E-state index in [1.165, 1.54) is 0 Å². The summed E-state index contributed by atoms with van der Waals surface area (Å²) in [6, 6.07) is 0. The van der Waals surface area contributed by atoms with Crippen molar-refractivity contribution < 1.29 is 28.5 Å². The van der Waals surface area contributed by atoms with Gasteiger partial charge in [0.15, 0.2) is 0 Å². The van der Waals surface area contributed by atoms with E-state index in [9.17, 15) is 9.59 Å². The predicted octanol–water partition coefficient (Wildman–Crippen LogP) is 2.48. The molecule has 0 N–H and O–H groups in total. The normalized spacial score (nSPS) is 12.1. The number of rotatable bonds is 10. The van der Waals surface area contributed by atoms with Crippen LogP contribution in [0.5, 0.6) is 0 Å². The smallest absolute Gasteiger partial charge is 0.417 e. The molecule has 0 heterocycles. The Bertz CT molecular complexity index is 315. The first-order chi connectivity index (χ1) is 10.1. The SMILES string of the molecule is CCOC(C)(C)CCOC(=O)C(=O)OCCC(C)(C)OCC. The molecular weight excluding hydrogens is 288 g/mol. The van der Waals surface area contributed by atoms with E-state index in [0.29, 0.717) is 26.1 Å². The van der Waals surface area contributed by atoms with Crippen LogP contribution in [0.2, 0.25) is 0 Å². The van der Waals surface area contributed by atoms with Crippen LogP contribution in [0.3, 0.4) is 0 Å². The van der Waals surface area contributed by atoms with Crippen LogP contribution in [0, 0.1) is 0 Å². The summed E-state index contributed by atoms with van der Waals surface area (Å²) < 4.78 is 20.7. The highest BCUT2D eigenvalue weighted by Crippen LogP contribution is 2.15. The highest BCUT2D eigenvalue weighted by molar-refractivity contribution is 6.29. The Morgan fingerprint density at radius 1 is 0.727 bits per heavy atom. The lowest BCUT2D eigenvalue weighted by Crippen LogP contribution is -2.30. The Kier molecular flexibility index (Phi) is 9.28. The summed E-state index contributed by atoms with van der Waals surface area (Å²) >= 11 is 0. The number of ether oxygens (including phenoxy) is 4. The van der Waals surface area contributed by atoms with Crippen molar-refractivity contribution in [1.82, 2.24) is 0 Å². The fourth-order valence-corrected chi connectivity index (χ4v) is 1.82. The molecule has 0 spiro atoms. The zero-order valence-electron chi connectivity index (χ0n) is 14.7. The number of esters is 2. The molecule has 130 valence electrons. The summed E-state index contributed by atoms with van der Waals surface area (Å²) in [5, 5.41) is 0. The van der Waals surface area contributed by atoms with E-state index in [-0.39, 0.29) is 24.4 Å². The molecule has 22 heavy (non-hydrogen) atoms. The molecule has 0 aliphatic carbocycles. The molecular formula is C16H30O6. The largest absolute Gasteiger partial charge is 0.457 e. The summed E-state index contributed by atoms with van der Waals surface area (Å²) in [4.78, 5) is 23.0. The Hall–Kier alpha value is -1.14. The van der Waals surface area contributed by atoms with Gasteiger partial charge in [-0.05, 0) is 41.5 Å². The second-order valence-electron chi connectivity index (χ2n) is 6.16. The number of carbonyl (C=O) groups excluding carboxylic acids is 2. The lowest BCUT2D eigenvalue weighted by Gasteiger charge is -2.24. The highest BCUT2D eigenvalue weighted by atomic mass is 16.6. The zero-order valence-corrected chi connectivity index (χ0v) is 14.7. The van der Waals surface area contributed by atoms with Crippen molar-refractivity contribution in [2.45, 2.75) is 65.6 Å². The second-order valence-corrected chi connectivity index (χ2v) is 6.16. The van der Waals surface area contributed by atoms with Crippen LogP contribution >= 0.6 is 0 Å². The average Bonchev–Trinajstić information content (AvgIpc) is 2.37. The van der Waals surface area contributed by atoms with Crippen LogP contribution in [0.25, 0.3) is 0 Å². The van der Waals surface area contributed by atoms with Crippen LogP contribution in [0.4, 0.5) is 0 Å². The highest BCUT2D eigenvalue weighted by Gasteiger charge is 2.23. The van der Waals surface area contributed by atoms with Gasteiger partial charge >= 0.3 is 11.9 Å². The van der Waals surface area contributed by atoms with Crippen molar-refractivity contribution in [3.05, 3.63) is 0 Å². The fraction of sp³-hybridized carbons (Fsp3) is 0.875. The predicted molar refractivity (Wildman–Crippen MR) is 82.6 cm³/mol. The first kappa shape index (κ1) is 20.9. The summed E-state index contributed by atoms with van der Waals surface area (Å²) in [6.45, 7) is 12.8. The molecule has 0 amide bonds. The van der Waals surface area contributed by atoms with Crippen molar-refractivity contribution >= 4 is 11.9 Å². The molecule has 0 aromatic rings. The Balaban J connectivity index is 3.96. The average molecular weight is 318 g/mol. The van der Waals surface area contributed by atoms with Gasteiger partial charge in [0, 0.05) is 26.1 Å². The molecule has 0 unspecified atom stereocenters. The Morgan fingerprint density at radius 3 is 1.32 bits per heavy atom. The molecule has 0 saturated carbocycles. The molecule has 0 fully saturated rings. The summed E-state index contributed by atoms with van der Waals surface area (Å²) in [5.74, 6) is -1.94. The van der Waals surface area contributed by atoms with E-state index in [2.05, 4.69) is 0 Å². The number of hydrogen-bond donors (Lipinski definition) is 0. The topological polar surface area (TPSA) is 71.1 Å². The second kappa shape index (κ2) is 9.79. The minimum Gasteiger partial charge on any atom is -0.457 e. The Morgan fingerprint density at radius 2 is 1.05 bits per heavy atom. The van der Waals surface area contributed by atoms with Crippen molar-refractivity contribution in [3.8, 4) is 0 Å². The third-order valence-electron chi connectivity index (χ3n) is 3.11. The van der Waals surface area contributed by atoms with E-state index >= 15 is 0 Å². The van der Waals surface area contributed by atoms with Crippen LogP contribution in [0.1, 0.15) is 54.4 Å². The maximum Gasteiger partial charge on any atom is 0.417 e. The van der Waals surface area contributed by atoms with E-state index in [1.807, 2.05) is 41.5 Å². The van der Waals surface area contributed by atoms with E-state index in [4.69, 9.17) is 18.9 Å². The van der Waals surface area contributed by atoms with Crippen molar-refractivity contribution in [1.29, 1.82) is 0 Å². The van der Waals surface area contributed by atoms with Gasteiger partial charge in [0.05, 0.1) is 24.4 Å². The lowest BCUT2D eigenvalue weighted by atomic mass is 10.1. The van der Waals surface area contributed by atoms with Crippen LogP contribution in [-0.2, 0) is 28.5 Å². The number of carbonyl (C=O) groups is 2. The molecule has 0 saturated heterocycles. The summed E-state index contributed by atoms with van der Waals surface area (Å²) in [6.07, 6.45) is 1.02. The van der Waals surface area contributed by atoms with Gasteiger partial charge in [0.1, 0.15) is 0 Å². The maximum absolute atomic E-state index is 11.5. The van der Waals surface area contributed by atoms with E-state index < -0.39 is 11.9 Å². The van der Waals surface area contributed by atoms with Gasteiger partial charge in [-0.15, -0.1) is 0 Å². The molecule has 0 aromatic carbocycles. The monoisotopic (exact) mass is 318 g/mol. The van der Waals surface area contributed by atoms with Crippen molar-refractivity contribution in [2.75, 3.05) is 26.4 Å². The molecule has 0 atom stereocenters. The van der Waals surface area contributed by atoms with Gasteiger partial charge in [0.2, 0.25) is 0 Å². The van der Waals surface area contributed by atoms with Crippen molar-refractivity contribution in [3.63, 3.8) is 0 Å². The third-order valence-corrected chi connectivity index (χ3v) is 3.11. The summed E-state index contributed by atoms with van der Waals surface area (Å²) in [7, 11) is 0. The molecule has 0 radical (unpaired) electrons. The third kappa shape index (κ3) is 9.73. The minimum absolute atomic E-state index is 0.116. The quantitative estimate of drug-likeness (QED) is 0.455. The zero-order chi connectivity index (χ0) is 17.2. The van der Waals surface area contributed by atoms with E-state index in [1.54, 1.807) is 0 Å². The van der Waals surface area contributed by atoms with Crippen LogP contribution in [0.15, 0.2) is 0 Å². The fourth-order valence-electron chi connectivity index (χ4n) is 1.82. The Labute approximate surface area is 133 Å². The lowest BCUT2D eigenvalue weighted by molar-refractivity contribution is -0.169. The van der Waals surface area contributed by atoms with Crippen LogP contribution in [-0.4, -0.2) is 49.6 Å². The molecule has 0 aliphatic rings. The van der Waals surface area contributed by atoms with Gasteiger partial charge in [-0.1, -0.05) is 0 Å². The molecule has 6 heteroatoms. The molecule has 0 aromatic heterocycles. The maximum atomic E-state index is 11.5. The molecule has 6 nitrogen and oxygen atoms in total. The van der Waals surface area contributed by atoms with Crippen LogP contribution < -0.4 is 0 Å². The minimum atomic E-state index is -0.971.